The lowest BCUT2D eigenvalue weighted by atomic mass is 10.2. The maximum Gasteiger partial charge on any atom is 0.152 e. The summed E-state index contributed by atoms with van der Waals surface area (Å²) in [7, 11) is 0. The molecule has 1 rings (SSSR count). The first-order chi connectivity index (χ1) is 6.09. The molecular weight excluding hydrogens is 191 g/mol. The normalized spacial score (nSPS) is 10.7. The second-order valence-electron chi connectivity index (χ2n) is 2.61. The fraction of sp³-hybridized carbons (Fsp3) is 0.100. The van der Waals surface area contributed by atoms with Crippen LogP contribution >= 0.6 is 11.6 Å². The van der Waals surface area contributed by atoms with Gasteiger partial charge in [-0.2, -0.15) is 0 Å². The van der Waals surface area contributed by atoms with Crippen LogP contribution in [0.15, 0.2) is 24.3 Å². The van der Waals surface area contributed by atoms with E-state index < -0.39 is 0 Å². The van der Waals surface area contributed by atoms with E-state index in [9.17, 15) is 9.18 Å². The highest BCUT2D eigenvalue weighted by Crippen LogP contribution is 2.18. The molecule has 0 saturated heterocycles. The number of hydrogen-bond acceptors (Lipinski definition) is 1. The molecule has 0 aliphatic carbocycles. The molecule has 0 N–H and O–H groups in total. The molecule has 0 fully saturated rings. The summed E-state index contributed by atoms with van der Waals surface area (Å²) in [5.74, 6) is -0.453. The second kappa shape index (κ2) is 4.19. The van der Waals surface area contributed by atoms with Gasteiger partial charge in [-0.05, 0) is 36.8 Å². The maximum atomic E-state index is 12.6. The Morgan fingerprint density at radius 3 is 2.77 bits per heavy atom. The smallest absolute Gasteiger partial charge is 0.152 e. The zero-order valence-corrected chi connectivity index (χ0v) is 7.81. The molecule has 0 atom stereocenters. The summed E-state index contributed by atoms with van der Waals surface area (Å²) in [6, 6.07) is 4.03. The zero-order chi connectivity index (χ0) is 9.84. The average molecular weight is 199 g/mol. The summed E-state index contributed by atoms with van der Waals surface area (Å²) in [6.45, 7) is 1.44. The largest absolute Gasteiger partial charge is 0.295 e. The fourth-order valence-corrected chi connectivity index (χ4v) is 1.07. The summed E-state index contributed by atoms with van der Waals surface area (Å²) in [6.07, 6.45) is 2.95. The van der Waals surface area contributed by atoms with Gasteiger partial charge in [0.25, 0.3) is 0 Å². The molecule has 0 aliphatic heterocycles. The van der Waals surface area contributed by atoms with Crippen LogP contribution in [0.2, 0.25) is 5.02 Å². The minimum absolute atomic E-state index is 0.0691. The molecule has 1 aromatic rings. The number of carbonyl (C=O) groups excluding carboxylic acids is 1. The van der Waals surface area contributed by atoms with E-state index in [2.05, 4.69) is 0 Å². The lowest BCUT2D eigenvalue weighted by Crippen LogP contribution is -1.82. The Hall–Kier alpha value is -1.15. The van der Waals surface area contributed by atoms with Crippen molar-refractivity contribution in [1.82, 2.24) is 0 Å². The molecule has 68 valence electrons. The molecule has 0 amide bonds. The van der Waals surface area contributed by atoms with Crippen molar-refractivity contribution >= 4 is 23.5 Å². The van der Waals surface area contributed by atoms with Crippen LogP contribution in [0.5, 0.6) is 0 Å². The molecule has 0 unspecified atom stereocenters. The Balaban J connectivity index is 2.96. The first kappa shape index (κ1) is 9.93. The Bertz CT molecular complexity index is 358. The topological polar surface area (TPSA) is 17.1 Å². The Labute approximate surface area is 80.8 Å². The van der Waals surface area contributed by atoms with Crippen LogP contribution in [0, 0.1) is 5.82 Å². The first-order valence-electron chi connectivity index (χ1n) is 3.73. The van der Waals surface area contributed by atoms with Crippen LogP contribution in [0.4, 0.5) is 4.39 Å². The summed E-state index contributed by atoms with van der Waals surface area (Å²) < 4.78 is 12.6. The number of carbonyl (C=O) groups is 1. The summed E-state index contributed by atoms with van der Waals surface area (Å²) >= 11 is 5.71. The van der Waals surface area contributed by atoms with E-state index in [-0.39, 0.29) is 11.6 Å². The van der Waals surface area contributed by atoms with Gasteiger partial charge in [-0.1, -0.05) is 17.7 Å². The number of hydrogen-bond donors (Lipinski definition) is 0. The molecule has 3 heteroatoms. The molecule has 0 spiro atoms. The van der Waals surface area contributed by atoms with Gasteiger partial charge in [-0.3, -0.25) is 4.79 Å². The fourth-order valence-electron chi connectivity index (χ4n) is 0.844. The molecule has 0 saturated carbocycles. The van der Waals surface area contributed by atoms with Crippen molar-refractivity contribution in [1.29, 1.82) is 0 Å². The predicted molar refractivity (Wildman–Crippen MR) is 51.1 cm³/mol. The van der Waals surface area contributed by atoms with Gasteiger partial charge in [0, 0.05) is 0 Å². The van der Waals surface area contributed by atoms with E-state index in [1.807, 2.05) is 0 Å². The number of halogens is 2. The molecule has 1 nitrogen and oxygen atoms in total. The molecular formula is C10H8ClFO. The van der Waals surface area contributed by atoms with E-state index in [4.69, 9.17) is 11.6 Å². The highest BCUT2D eigenvalue weighted by Gasteiger charge is 1.97. The van der Waals surface area contributed by atoms with Crippen molar-refractivity contribution in [2.24, 2.45) is 0 Å². The third kappa shape index (κ3) is 2.99. The quantitative estimate of drug-likeness (QED) is 0.668. The number of allylic oxidation sites excluding steroid dienone is 1. The van der Waals surface area contributed by atoms with Crippen molar-refractivity contribution in [3.8, 4) is 0 Å². The minimum Gasteiger partial charge on any atom is -0.295 e. The lowest BCUT2D eigenvalue weighted by molar-refractivity contribution is -0.112. The first-order valence-corrected chi connectivity index (χ1v) is 4.11. The highest BCUT2D eigenvalue weighted by molar-refractivity contribution is 6.32. The third-order valence-corrected chi connectivity index (χ3v) is 1.79. The van der Waals surface area contributed by atoms with Gasteiger partial charge in [0.2, 0.25) is 0 Å². The second-order valence-corrected chi connectivity index (χ2v) is 3.02. The van der Waals surface area contributed by atoms with E-state index >= 15 is 0 Å². The summed E-state index contributed by atoms with van der Waals surface area (Å²) in [4.78, 5) is 10.6. The SMILES string of the molecule is CC(=O)/C=C/c1ccc(F)cc1Cl. The number of benzene rings is 1. The highest BCUT2D eigenvalue weighted by atomic mass is 35.5. The average Bonchev–Trinajstić information content (AvgIpc) is 2.02. The molecule has 13 heavy (non-hydrogen) atoms. The maximum absolute atomic E-state index is 12.6. The molecule has 0 aromatic heterocycles. The van der Waals surface area contributed by atoms with Crippen LogP contribution in [0.3, 0.4) is 0 Å². The Morgan fingerprint density at radius 2 is 2.23 bits per heavy atom. The van der Waals surface area contributed by atoms with Gasteiger partial charge in [-0.25, -0.2) is 4.39 Å². The van der Waals surface area contributed by atoms with Crippen molar-refractivity contribution in [2.45, 2.75) is 6.92 Å². The number of rotatable bonds is 2. The van der Waals surface area contributed by atoms with Gasteiger partial charge < -0.3 is 0 Å². The molecule has 0 bridgehead atoms. The number of ketones is 1. The van der Waals surface area contributed by atoms with E-state index in [0.717, 1.165) is 0 Å². The lowest BCUT2D eigenvalue weighted by Gasteiger charge is -1.96. The van der Waals surface area contributed by atoms with Crippen LogP contribution in [0.25, 0.3) is 6.08 Å². The van der Waals surface area contributed by atoms with Gasteiger partial charge in [0.05, 0.1) is 5.02 Å². The van der Waals surface area contributed by atoms with Gasteiger partial charge in [0.15, 0.2) is 5.78 Å². The molecule has 0 aliphatic rings. The molecule has 0 heterocycles. The molecule has 0 radical (unpaired) electrons. The van der Waals surface area contributed by atoms with Gasteiger partial charge >= 0.3 is 0 Å². The van der Waals surface area contributed by atoms with Crippen molar-refractivity contribution in [3.05, 3.63) is 40.7 Å². The Morgan fingerprint density at radius 1 is 1.54 bits per heavy atom. The van der Waals surface area contributed by atoms with Crippen LogP contribution in [-0.2, 0) is 4.79 Å². The van der Waals surface area contributed by atoms with Crippen LogP contribution in [0.1, 0.15) is 12.5 Å². The van der Waals surface area contributed by atoms with Gasteiger partial charge in [-0.15, -0.1) is 0 Å². The summed E-state index contributed by atoms with van der Waals surface area (Å²) in [5, 5.41) is 0.303. The standard InChI is InChI=1S/C10H8ClFO/c1-7(13)2-3-8-4-5-9(12)6-10(8)11/h2-6H,1H3/b3-2+. The van der Waals surface area contributed by atoms with Crippen molar-refractivity contribution in [2.75, 3.05) is 0 Å². The minimum atomic E-state index is -0.384. The summed E-state index contributed by atoms with van der Waals surface area (Å²) in [5.41, 5.74) is 0.637. The van der Waals surface area contributed by atoms with E-state index in [0.29, 0.717) is 10.6 Å². The van der Waals surface area contributed by atoms with Crippen LogP contribution in [-0.4, -0.2) is 5.78 Å². The van der Waals surface area contributed by atoms with E-state index in [1.54, 1.807) is 6.08 Å². The molecule has 1 aromatic carbocycles. The Kier molecular flexibility index (Phi) is 3.20. The zero-order valence-electron chi connectivity index (χ0n) is 7.05. The van der Waals surface area contributed by atoms with Crippen LogP contribution < -0.4 is 0 Å². The monoisotopic (exact) mass is 198 g/mol. The van der Waals surface area contributed by atoms with Crippen molar-refractivity contribution in [3.63, 3.8) is 0 Å². The van der Waals surface area contributed by atoms with Crippen molar-refractivity contribution < 1.29 is 9.18 Å². The van der Waals surface area contributed by atoms with Gasteiger partial charge in [0.1, 0.15) is 5.82 Å². The third-order valence-electron chi connectivity index (χ3n) is 1.46. The van der Waals surface area contributed by atoms with E-state index in [1.165, 1.54) is 31.2 Å². The predicted octanol–water partition coefficient (Wildman–Crippen LogP) is 3.08.